The van der Waals surface area contributed by atoms with Gasteiger partial charge in [0.2, 0.25) is 10.0 Å². The lowest BCUT2D eigenvalue weighted by atomic mass is 10.2. The number of sulfonamides is 1. The first-order chi connectivity index (χ1) is 7.93. The van der Waals surface area contributed by atoms with E-state index in [-0.39, 0.29) is 28.9 Å². The van der Waals surface area contributed by atoms with Gasteiger partial charge in [-0.2, -0.15) is 4.31 Å². The molecule has 1 aliphatic heterocycles. The van der Waals surface area contributed by atoms with Crippen LogP contribution in [0.15, 0.2) is 23.1 Å². The fourth-order valence-electron chi connectivity index (χ4n) is 1.98. The molecule has 1 fully saturated rings. The van der Waals surface area contributed by atoms with Crippen LogP contribution in [0.25, 0.3) is 0 Å². The van der Waals surface area contributed by atoms with Gasteiger partial charge in [0.15, 0.2) is 0 Å². The molecule has 0 amide bonds. The van der Waals surface area contributed by atoms with Gasteiger partial charge in [0.25, 0.3) is 0 Å². The second-order valence-electron chi connectivity index (χ2n) is 4.27. The van der Waals surface area contributed by atoms with Crippen molar-refractivity contribution in [2.75, 3.05) is 13.1 Å². The number of nitrogens with zero attached hydrogens (tertiary/aromatic N) is 1. The molecule has 1 saturated heterocycles. The Bertz CT molecular complexity index is 536. The maximum atomic E-state index is 13.4. The fraction of sp³-hybridized carbons (Fsp3) is 0.455. The summed E-state index contributed by atoms with van der Waals surface area (Å²) in [7, 11) is -3.61. The highest BCUT2D eigenvalue weighted by atomic mass is 35.5. The number of nitrogens with two attached hydrogens (primary N) is 1. The van der Waals surface area contributed by atoms with Crippen molar-refractivity contribution in [2.24, 2.45) is 5.73 Å². The smallest absolute Gasteiger partial charge is 0.243 e. The Labute approximate surface area is 112 Å². The number of rotatable bonds is 2. The summed E-state index contributed by atoms with van der Waals surface area (Å²) in [6, 6.07) is 3.96. The molecule has 0 aliphatic carbocycles. The Kier molecular flexibility index (Phi) is 4.72. The minimum absolute atomic E-state index is 0. The van der Waals surface area contributed by atoms with Gasteiger partial charge in [-0.25, -0.2) is 12.8 Å². The minimum atomic E-state index is -3.61. The highest BCUT2D eigenvalue weighted by Gasteiger charge is 2.32. The molecule has 0 unspecified atom stereocenters. The van der Waals surface area contributed by atoms with Gasteiger partial charge in [0, 0.05) is 24.7 Å². The molecule has 4 nitrogen and oxygen atoms in total. The summed E-state index contributed by atoms with van der Waals surface area (Å²) in [6.45, 7) is 2.18. The van der Waals surface area contributed by atoms with Gasteiger partial charge in [0.05, 0.1) is 4.90 Å². The van der Waals surface area contributed by atoms with Crippen LogP contribution in [0.1, 0.15) is 12.0 Å². The number of hydrogen-bond acceptors (Lipinski definition) is 3. The molecule has 2 rings (SSSR count). The van der Waals surface area contributed by atoms with E-state index in [1.54, 1.807) is 0 Å². The molecule has 102 valence electrons. The first-order valence-corrected chi connectivity index (χ1v) is 6.88. The van der Waals surface area contributed by atoms with E-state index < -0.39 is 15.8 Å². The van der Waals surface area contributed by atoms with Crippen LogP contribution < -0.4 is 5.73 Å². The summed E-state index contributed by atoms with van der Waals surface area (Å²) in [6.07, 6.45) is 0.646. The lowest BCUT2D eigenvalue weighted by Gasteiger charge is -2.17. The van der Waals surface area contributed by atoms with Gasteiger partial charge < -0.3 is 5.73 Å². The van der Waals surface area contributed by atoms with Gasteiger partial charge in [0.1, 0.15) is 5.82 Å². The first kappa shape index (κ1) is 15.4. The predicted octanol–water partition coefficient (Wildman–Crippen LogP) is 1.28. The number of halogens is 2. The molecule has 18 heavy (non-hydrogen) atoms. The van der Waals surface area contributed by atoms with Crippen LogP contribution in [0.3, 0.4) is 0 Å². The quantitative estimate of drug-likeness (QED) is 0.894. The molecule has 1 atom stereocenters. The zero-order chi connectivity index (χ0) is 12.6. The standard InChI is InChI=1S/C11H15FN2O2S.ClH/c1-8-10(12)3-2-4-11(8)17(15,16)14-6-5-9(13)7-14;/h2-4,9H,5-7,13H2,1H3;1H/t9-;/m1./s1. The molecule has 0 saturated carbocycles. The zero-order valence-corrected chi connectivity index (χ0v) is 11.6. The second kappa shape index (κ2) is 5.52. The van der Waals surface area contributed by atoms with Crippen molar-refractivity contribution >= 4 is 22.4 Å². The average Bonchev–Trinajstić information content (AvgIpc) is 2.69. The molecule has 0 radical (unpaired) electrons. The van der Waals surface area contributed by atoms with Crippen molar-refractivity contribution in [1.82, 2.24) is 4.31 Å². The Hall–Kier alpha value is -0.690. The van der Waals surface area contributed by atoms with Crippen LogP contribution in [0, 0.1) is 12.7 Å². The van der Waals surface area contributed by atoms with E-state index in [4.69, 9.17) is 5.73 Å². The van der Waals surface area contributed by atoms with Crippen molar-refractivity contribution in [1.29, 1.82) is 0 Å². The highest BCUT2D eigenvalue weighted by Crippen LogP contribution is 2.24. The molecular formula is C11H16ClFN2O2S. The van der Waals surface area contributed by atoms with Crippen LogP contribution in [0.4, 0.5) is 4.39 Å². The molecule has 0 aromatic heterocycles. The Balaban J connectivity index is 0.00000162. The van der Waals surface area contributed by atoms with Crippen molar-refractivity contribution < 1.29 is 12.8 Å². The fourth-order valence-corrected chi connectivity index (χ4v) is 3.73. The van der Waals surface area contributed by atoms with Crippen molar-refractivity contribution in [3.8, 4) is 0 Å². The topological polar surface area (TPSA) is 63.4 Å². The Morgan fingerprint density at radius 2 is 2.11 bits per heavy atom. The molecule has 2 N–H and O–H groups in total. The molecule has 1 heterocycles. The van der Waals surface area contributed by atoms with Crippen LogP contribution in [-0.2, 0) is 10.0 Å². The highest BCUT2D eigenvalue weighted by molar-refractivity contribution is 7.89. The lowest BCUT2D eigenvalue weighted by Crippen LogP contribution is -2.32. The summed E-state index contributed by atoms with van der Waals surface area (Å²) in [5, 5.41) is 0. The summed E-state index contributed by atoms with van der Waals surface area (Å²) in [5.41, 5.74) is 5.85. The summed E-state index contributed by atoms with van der Waals surface area (Å²) in [4.78, 5) is 0.0339. The van der Waals surface area contributed by atoms with Gasteiger partial charge in [-0.05, 0) is 25.5 Å². The minimum Gasteiger partial charge on any atom is -0.326 e. The van der Waals surface area contributed by atoms with E-state index >= 15 is 0 Å². The van der Waals surface area contributed by atoms with E-state index in [0.717, 1.165) is 0 Å². The lowest BCUT2D eigenvalue weighted by molar-refractivity contribution is 0.471. The predicted molar refractivity (Wildman–Crippen MR) is 69.7 cm³/mol. The van der Waals surface area contributed by atoms with Gasteiger partial charge >= 0.3 is 0 Å². The van der Waals surface area contributed by atoms with Crippen molar-refractivity contribution in [2.45, 2.75) is 24.3 Å². The third-order valence-corrected chi connectivity index (χ3v) is 5.03. The van der Waals surface area contributed by atoms with Crippen LogP contribution in [-0.4, -0.2) is 31.9 Å². The van der Waals surface area contributed by atoms with E-state index in [1.807, 2.05) is 0 Å². The average molecular weight is 295 g/mol. The molecule has 7 heteroatoms. The molecular weight excluding hydrogens is 279 g/mol. The summed E-state index contributed by atoms with van der Waals surface area (Å²) >= 11 is 0. The maximum absolute atomic E-state index is 13.4. The second-order valence-corrected chi connectivity index (χ2v) is 6.18. The summed E-state index contributed by atoms with van der Waals surface area (Å²) in [5.74, 6) is -0.505. The molecule has 0 spiro atoms. The van der Waals surface area contributed by atoms with E-state index in [2.05, 4.69) is 0 Å². The van der Waals surface area contributed by atoms with Gasteiger partial charge in [-0.15, -0.1) is 12.4 Å². The normalized spacial score (nSPS) is 20.7. The zero-order valence-electron chi connectivity index (χ0n) is 9.97. The number of hydrogen-bond donors (Lipinski definition) is 1. The maximum Gasteiger partial charge on any atom is 0.243 e. The van der Waals surface area contributed by atoms with Crippen LogP contribution in [0.2, 0.25) is 0 Å². The van der Waals surface area contributed by atoms with Crippen LogP contribution in [0.5, 0.6) is 0 Å². The Morgan fingerprint density at radius 3 is 2.67 bits per heavy atom. The number of benzene rings is 1. The molecule has 0 bridgehead atoms. The van der Waals surface area contributed by atoms with Crippen molar-refractivity contribution in [3.05, 3.63) is 29.6 Å². The monoisotopic (exact) mass is 294 g/mol. The van der Waals surface area contributed by atoms with E-state index in [0.29, 0.717) is 19.5 Å². The first-order valence-electron chi connectivity index (χ1n) is 5.44. The van der Waals surface area contributed by atoms with Gasteiger partial charge in [-0.1, -0.05) is 6.07 Å². The van der Waals surface area contributed by atoms with Crippen molar-refractivity contribution in [3.63, 3.8) is 0 Å². The largest absolute Gasteiger partial charge is 0.326 e. The third kappa shape index (κ3) is 2.66. The Morgan fingerprint density at radius 1 is 1.44 bits per heavy atom. The van der Waals surface area contributed by atoms with E-state index in [9.17, 15) is 12.8 Å². The molecule has 1 aliphatic rings. The molecule has 1 aromatic rings. The summed E-state index contributed by atoms with van der Waals surface area (Å²) < 4.78 is 39.2. The van der Waals surface area contributed by atoms with Gasteiger partial charge in [-0.3, -0.25) is 0 Å². The molecule has 1 aromatic carbocycles. The third-order valence-electron chi connectivity index (χ3n) is 3.02. The van der Waals surface area contributed by atoms with E-state index in [1.165, 1.54) is 29.4 Å². The van der Waals surface area contributed by atoms with Crippen LogP contribution >= 0.6 is 12.4 Å². The SMILES string of the molecule is Cc1c(F)cccc1S(=O)(=O)N1CC[C@@H](N)C1.Cl.